The van der Waals surface area contributed by atoms with Crippen LogP contribution in [0.2, 0.25) is 5.02 Å². The predicted octanol–water partition coefficient (Wildman–Crippen LogP) is 2.81. The molecule has 1 aliphatic rings. The van der Waals surface area contributed by atoms with E-state index in [1.807, 2.05) is 0 Å². The number of carbonyl (C=O) groups is 3. The number of non-ortho nitro benzene ring substituents is 1. The zero-order valence-electron chi connectivity index (χ0n) is 16.4. The minimum atomic E-state index is -0.981. The summed E-state index contributed by atoms with van der Waals surface area (Å²) in [5, 5.41) is 24.8. The molecule has 0 spiro atoms. The summed E-state index contributed by atoms with van der Waals surface area (Å²) in [5.41, 5.74) is 0.389. The van der Waals surface area contributed by atoms with Crippen LogP contribution in [0.4, 0.5) is 5.69 Å². The third kappa shape index (κ3) is 4.56. The van der Waals surface area contributed by atoms with Gasteiger partial charge >= 0.3 is 0 Å². The lowest BCUT2D eigenvalue weighted by atomic mass is 9.95. The Labute approximate surface area is 182 Å². The molecule has 2 amide bonds. The van der Waals surface area contributed by atoms with Crippen molar-refractivity contribution in [2.24, 2.45) is 0 Å². The summed E-state index contributed by atoms with van der Waals surface area (Å²) in [4.78, 5) is 48.4. The standard InChI is InChI=1S/C21H18ClN3O6/c1-12(26)23-10-11-24-18(13-4-8-16(9-5-13)25(30)31)17(20(28)21(24)29)19(27)14-2-6-15(22)7-3-14/h2-9,18,27H,10-11H2,1H3,(H,23,26)/t18-/m1/s1. The molecule has 1 aliphatic heterocycles. The minimum absolute atomic E-state index is 0.00318. The van der Waals surface area contributed by atoms with Gasteiger partial charge in [-0.1, -0.05) is 11.6 Å². The number of likely N-dealkylation sites (tertiary alicyclic amines) is 1. The third-order valence-corrected chi connectivity index (χ3v) is 5.06. The van der Waals surface area contributed by atoms with E-state index in [-0.39, 0.29) is 41.6 Å². The molecule has 1 fully saturated rings. The Morgan fingerprint density at radius 2 is 1.77 bits per heavy atom. The molecule has 2 aromatic carbocycles. The number of hydrogen-bond acceptors (Lipinski definition) is 6. The van der Waals surface area contributed by atoms with Gasteiger partial charge in [0, 0.05) is 42.7 Å². The molecule has 0 radical (unpaired) electrons. The monoisotopic (exact) mass is 443 g/mol. The second kappa shape index (κ2) is 8.97. The number of ketones is 1. The lowest BCUT2D eigenvalue weighted by molar-refractivity contribution is -0.384. The fourth-order valence-electron chi connectivity index (χ4n) is 3.35. The predicted molar refractivity (Wildman–Crippen MR) is 112 cm³/mol. The number of nitrogens with one attached hydrogen (secondary N) is 1. The molecule has 2 N–H and O–H groups in total. The Morgan fingerprint density at radius 3 is 2.32 bits per heavy atom. The normalized spacial score (nSPS) is 17.6. The van der Waals surface area contributed by atoms with E-state index in [2.05, 4.69) is 5.32 Å². The van der Waals surface area contributed by atoms with Gasteiger partial charge in [0.1, 0.15) is 5.76 Å². The second-order valence-electron chi connectivity index (χ2n) is 6.83. The Hall–Kier alpha value is -3.72. The van der Waals surface area contributed by atoms with Gasteiger partial charge in [-0.05, 0) is 42.0 Å². The zero-order chi connectivity index (χ0) is 22.7. The first kappa shape index (κ1) is 22.0. The van der Waals surface area contributed by atoms with Crippen LogP contribution in [0.15, 0.2) is 54.1 Å². The van der Waals surface area contributed by atoms with Crippen molar-refractivity contribution in [3.05, 3.63) is 80.4 Å². The van der Waals surface area contributed by atoms with Gasteiger partial charge in [0.15, 0.2) is 0 Å². The molecule has 0 aliphatic carbocycles. The first-order valence-electron chi connectivity index (χ1n) is 9.24. The summed E-state index contributed by atoms with van der Waals surface area (Å²) in [7, 11) is 0. The van der Waals surface area contributed by atoms with Crippen LogP contribution in [0.3, 0.4) is 0 Å². The van der Waals surface area contributed by atoms with E-state index in [0.717, 1.165) is 0 Å². The number of nitro groups is 1. The van der Waals surface area contributed by atoms with Gasteiger partial charge in [-0.2, -0.15) is 0 Å². The van der Waals surface area contributed by atoms with Gasteiger partial charge in [0.05, 0.1) is 16.5 Å². The number of aliphatic hydroxyl groups is 1. The van der Waals surface area contributed by atoms with Crippen LogP contribution in [-0.2, 0) is 14.4 Å². The van der Waals surface area contributed by atoms with Crippen molar-refractivity contribution in [2.75, 3.05) is 13.1 Å². The van der Waals surface area contributed by atoms with E-state index >= 15 is 0 Å². The van der Waals surface area contributed by atoms with Crippen LogP contribution in [0.25, 0.3) is 5.76 Å². The molecular weight excluding hydrogens is 426 g/mol. The second-order valence-corrected chi connectivity index (χ2v) is 7.27. The summed E-state index contributed by atoms with van der Waals surface area (Å²) in [6.45, 7) is 1.42. The SMILES string of the molecule is CC(=O)NCCN1C(=O)C(=O)C(=C(O)c2ccc(Cl)cc2)[C@H]1c1ccc([N+](=O)[O-])cc1. The first-order valence-corrected chi connectivity index (χ1v) is 9.61. The highest BCUT2D eigenvalue weighted by Crippen LogP contribution is 2.39. The van der Waals surface area contributed by atoms with Crippen molar-refractivity contribution in [3.8, 4) is 0 Å². The summed E-state index contributed by atoms with van der Waals surface area (Å²) in [6, 6.07) is 10.5. The van der Waals surface area contributed by atoms with Crippen LogP contribution in [-0.4, -0.2) is 45.6 Å². The zero-order valence-corrected chi connectivity index (χ0v) is 17.1. The fraction of sp³-hybridized carbons (Fsp3) is 0.190. The molecule has 0 bridgehead atoms. The number of amides is 2. The van der Waals surface area contributed by atoms with Crippen LogP contribution < -0.4 is 5.32 Å². The first-order chi connectivity index (χ1) is 14.7. The molecule has 31 heavy (non-hydrogen) atoms. The van der Waals surface area contributed by atoms with E-state index in [9.17, 15) is 29.6 Å². The van der Waals surface area contributed by atoms with Gasteiger partial charge in [0.2, 0.25) is 5.91 Å². The van der Waals surface area contributed by atoms with Crippen LogP contribution >= 0.6 is 11.6 Å². The topological polar surface area (TPSA) is 130 Å². The largest absolute Gasteiger partial charge is 0.507 e. The van der Waals surface area contributed by atoms with Crippen molar-refractivity contribution in [1.29, 1.82) is 0 Å². The van der Waals surface area contributed by atoms with Crippen molar-refractivity contribution >= 4 is 40.6 Å². The lowest BCUT2D eigenvalue weighted by Gasteiger charge is -2.25. The molecule has 1 heterocycles. The fourth-order valence-corrected chi connectivity index (χ4v) is 3.48. The highest BCUT2D eigenvalue weighted by Gasteiger charge is 2.45. The Kier molecular flexibility index (Phi) is 6.36. The van der Waals surface area contributed by atoms with Crippen LogP contribution in [0.1, 0.15) is 24.1 Å². The molecule has 2 aromatic rings. The van der Waals surface area contributed by atoms with E-state index in [0.29, 0.717) is 10.6 Å². The van der Waals surface area contributed by atoms with Crippen molar-refractivity contribution < 1.29 is 24.4 Å². The van der Waals surface area contributed by atoms with Gasteiger partial charge in [-0.15, -0.1) is 0 Å². The summed E-state index contributed by atoms with van der Waals surface area (Å²) in [5.74, 6) is -2.42. The number of aliphatic hydroxyl groups excluding tert-OH is 1. The molecule has 0 aromatic heterocycles. The van der Waals surface area contributed by atoms with E-state index < -0.39 is 22.7 Å². The molecule has 0 saturated carbocycles. The molecule has 1 atom stereocenters. The number of nitrogens with zero attached hydrogens (tertiary/aromatic N) is 2. The third-order valence-electron chi connectivity index (χ3n) is 4.80. The van der Waals surface area contributed by atoms with Gasteiger partial charge in [0.25, 0.3) is 17.4 Å². The Bertz CT molecular complexity index is 1080. The smallest absolute Gasteiger partial charge is 0.295 e. The van der Waals surface area contributed by atoms with Crippen LogP contribution in [0, 0.1) is 10.1 Å². The number of nitro benzene ring substituents is 1. The van der Waals surface area contributed by atoms with Gasteiger partial charge in [-0.3, -0.25) is 24.5 Å². The van der Waals surface area contributed by atoms with Crippen LogP contribution in [0.5, 0.6) is 0 Å². The number of carbonyl (C=O) groups excluding carboxylic acids is 3. The maximum atomic E-state index is 12.8. The van der Waals surface area contributed by atoms with Gasteiger partial charge in [-0.25, -0.2) is 0 Å². The van der Waals surface area contributed by atoms with E-state index in [1.54, 1.807) is 0 Å². The molecule has 0 unspecified atom stereocenters. The van der Waals surface area contributed by atoms with Crippen molar-refractivity contribution in [1.82, 2.24) is 10.2 Å². The Balaban J connectivity index is 2.10. The molecular formula is C21H18ClN3O6. The average molecular weight is 444 g/mol. The number of rotatable bonds is 6. The molecule has 160 valence electrons. The summed E-state index contributed by atoms with van der Waals surface area (Å²) >= 11 is 5.88. The highest BCUT2D eigenvalue weighted by atomic mass is 35.5. The van der Waals surface area contributed by atoms with Crippen molar-refractivity contribution in [2.45, 2.75) is 13.0 Å². The molecule has 9 nitrogen and oxygen atoms in total. The summed E-state index contributed by atoms with van der Waals surface area (Å²) < 4.78 is 0. The number of benzene rings is 2. The molecule has 3 rings (SSSR count). The summed E-state index contributed by atoms with van der Waals surface area (Å²) in [6.07, 6.45) is 0. The Morgan fingerprint density at radius 1 is 1.16 bits per heavy atom. The average Bonchev–Trinajstić information content (AvgIpc) is 2.98. The molecule has 1 saturated heterocycles. The minimum Gasteiger partial charge on any atom is -0.507 e. The maximum absolute atomic E-state index is 12.8. The maximum Gasteiger partial charge on any atom is 0.295 e. The van der Waals surface area contributed by atoms with E-state index in [4.69, 9.17) is 11.6 Å². The number of Topliss-reactive ketones (excluding diaryl/α,β-unsaturated/α-hetero) is 1. The number of halogens is 1. The van der Waals surface area contributed by atoms with Crippen molar-refractivity contribution in [3.63, 3.8) is 0 Å². The number of hydrogen-bond donors (Lipinski definition) is 2. The van der Waals surface area contributed by atoms with E-state index in [1.165, 1.54) is 60.4 Å². The van der Waals surface area contributed by atoms with Gasteiger partial charge < -0.3 is 15.3 Å². The quantitative estimate of drug-likeness (QED) is 0.232. The highest BCUT2D eigenvalue weighted by molar-refractivity contribution is 6.46. The lowest BCUT2D eigenvalue weighted by Crippen LogP contribution is -2.37. The molecule has 10 heteroatoms.